The summed E-state index contributed by atoms with van der Waals surface area (Å²) < 4.78 is 0.210. The number of aliphatic hydroxyl groups is 4. The highest BCUT2D eigenvalue weighted by Crippen LogP contribution is 2.05. The minimum Gasteiger partial charge on any atom is -0.390 e. The van der Waals surface area contributed by atoms with E-state index in [4.69, 9.17) is 20.4 Å². The molecule has 0 saturated heterocycles. The van der Waals surface area contributed by atoms with Gasteiger partial charge < -0.3 is 25.2 Å². The van der Waals surface area contributed by atoms with Crippen molar-refractivity contribution >= 4 is 28.9 Å². The third kappa shape index (κ3) is 3.31. The molecule has 0 bridgehead atoms. The number of rotatable bonds is 5. The molecule has 0 rings (SSSR count). The molecule has 12 heavy (non-hydrogen) atoms. The lowest BCUT2D eigenvalue weighted by Crippen LogP contribution is -2.45. The van der Waals surface area contributed by atoms with Crippen LogP contribution in [-0.4, -0.2) is 55.6 Å². The third-order valence-corrected chi connectivity index (χ3v) is 2.29. The summed E-state index contributed by atoms with van der Waals surface area (Å²) in [6, 6.07) is 0. The number of carbonyl (C=O) groups excluding carboxylic acids is 1. The van der Waals surface area contributed by atoms with E-state index in [1.807, 2.05) is 0 Å². The molecular formula is C6H11IO5. The number of halogens is 1. The molecule has 0 aliphatic heterocycles. The topological polar surface area (TPSA) is 98.0 Å². The van der Waals surface area contributed by atoms with Crippen LogP contribution in [0.3, 0.4) is 0 Å². The van der Waals surface area contributed by atoms with Crippen LogP contribution in [0.2, 0.25) is 0 Å². The predicted molar refractivity (Wildman–Crippen MR) is 49.0 cm³/mol. The monoisotopic (exact) mass is 286 g/mol. The van der Waals surface area contributed by atoms with Crippen LogP contribution in [-0.2, 0) is 4.79 Å². The lowest BCUT2D eigenvalue weighted by Gasteiger charge is -2.22. The van der Waals surface area contributed by atoms with Crippen LogP contribution in [0.5, 0.6) is 0 Å². The van der Waals surface area contributed by atoms with Crippen molar-refractivity contribution in [1.82, 2.24) is 0 Å². The zero-order valence-corrected chi connectivity index (χ0v) is 8.33. The molecule has 72 valence electrons. The lowest BCUT2D eigenvalue weighted by atomic mass is 10.1. The fraction of sp³-hybridized carbons (Fsp3) is 0.833. The molecule has 4 atom stereocenters. The minimum absolute atomic E-state index is 0.105. The Hall–Kier alpha value is 0.240. The fourth-order valence-electron chi connectivity index (χ4n) is 0.601. The Morgan fingerprint density at radius 2 is 1.67 bits per heavy atom. The van der Waals surface area contributed by atoms with Gasteiger partial charge in [0.1, 0.15) is 18.3 Å². The van der Waals surface area contributed by atoms with Gasteiger partial charge in [-0.1, -0.05) is 22.6 Å². The van der Waals surface area contributed by atoms with Crippen molar-refractivity contribution in [2.45, 2.75) is 24.4 Å². The number of carbonyl (C=O) groups is 1. The van der Waals surface area contributed by atoms with Gasteiger partial charge in [0.25, 0.3) is 0 Å². The first-order valence-electron chi connectivity index (χ1n) is 3.28. The maximum atomic E-state index is 9.96. The van der Waals surface area contributed by atoms with Crippen molar-refractivity contribution in [2.75, 3.05) is 4.43 Å². The molecule has 5 nitrogen and oxygen atoms in total. The first kappa shape index (κ1) is 12.2. The van der Waals surface area contributed by atoms with Crippen molar-refractivity contribution in [1.29, 1.82) is 0 Å². The highest BCUT2D eigenvalue weighted by atomic mass is 123. The van der Waals surface area contributed by atoms with Crippen LogP contribution in [0, 0.1) is 0 Å². The van der Waals surface area contributed by atoms with Crippen LogP contribution in [0.25, 0.3) is 0 Å². The lowest BCUT2D eigenvalue weighted by molar-refractivity contribution is -0.131. The second-order valence-corrected chi connectivity index (χ2v) is 3.21. The van der Waals surface area contributed by atoms with Gasteiger partial charge in [0.15, 0.2) is 6.29 Å². The van der Waals surface area contributed by atoms with E-state index in [1.165, 1.54) is 0 Å². The Balaban J connectivity index is 4.07. The van der Waals surface area contributed by atoms with Gasteiger partial charge in [0.05, 0.1) is 6.10 Å². The molecule has 0 aromatic carbocycles. The number of hydrogen-bond acceptors (Lipinski definition) is 5. The Bertz CT molecular complexity index is 142. The van der Waals surface area contributed by atoms with Gasteiger partial charge >= 0.3 is 0 Å². The highest BCUT2D eigenvalue weighted by Gasteiger charge is 2.29. The van der Waals surface area contributed by atoms with E-state index >= 15 is 0 Å². The molecule has 6 heteroatoms. The van der Waals surface area contributed by atoms with Crippen LogP contribution < -0.4 is 0 Å². The van der Waals surface area contributed by atoms with Crippen molar-refractivity contribution in [3.8, 4) is 0 Å². The summed E-state index contributed by atoms with van der Waals surface area (Å²) in [7, 11) is 0. The van der Waals surface area contributed by atoms with E-state index < -0.39 is 24.4 Å². The maximum absolute atomic E-state index is 9.96. The third-order valence-electron chi connectivity index (χ3n) is 1.39. The maximum Gasteiger partial charge on any atom is 0.151 e. The summed E-state index contributed by atoms with van der Waals surface area (Å²) >= 11 is 1.81. The first-order chi connectivity index (χ1) is 5.54. The Kier molecular flexibility index (Phi) is 5.93. The molecule has 0 aliphatic carbocycles. The van der Waals surface area contributed by atoms with E-state index in [0.29, 0.717) is 0 Å². The molecule has 0 heterocycles. The SMILES string of the molecule is O=C[C@@H](O)[C@@H](O)[C@H](O)[C@H](O)C[123I]. The Morgan fingerprint density at radius 3 is 2.00 bits per heavy atom. The second kappa shape index (κ2) is 5.81. The Labute approximate surface area is 83.2 Å². The van der Waals surface area contributed by atoms with Crippen molar-refractivity contribution < 1.29 is 25.2 Å². The average Bonchev–Trinajstić information content (AvgIpc) is 2.12. The van der Waals surface area contributed by atoms with Gasteiger partial charge in [-0.2, -0.15) is 0 Å². The van der Waals surface area contributed by atoms with Crippen LogP contribution >= 0.6 is 22.6 Å². The van der Waals surface area contributed by atoms with Gasteiger partial charge in [-0.25, -0.2) is 0 Å². The molecule has 4 N–H and O–H groups in total. The van der Waals surface area contributed by atoms with Crippen molar-refractivity contribution in [3.63, 3.8) is 0 Å². The summed E-state index contributed by atoms with van der Waals surface area (Å²) in [4.78, 5) is 9.96. The van der Waals surface area contributed by atoms with Crippen LogP contribution in [0.15, 0.2) is 0 Å². The predicted octanol–water partition coefficient (Wildman–Crippen LogP) is -1.94. The summed E-state index contributed by atoms with van der Waals surface area (Å²) in [5, 5.41) is 35.8. The minimum atomic E-state index is -1.66. The second-order valence-electron chi connectivity index (χ2n) is 2.33. The molecule has 0 spiro atoms. The molecule has 0 aliphatic rings. The normalized spacial score (nSPS) is 21.1. The van der Waals surface area contributed by atoms with E-state index in [2.05, 4.69) is 0 Å². The first-order valence-corrected chi connectivity index (χ1v) is 4.80. The summed E-state index contributed by atoms with van der Waals surface area (Å²) in [5.74, 6) is 0. The summed E-state index contributed by atoms with van der Waals surface area (Å²) in [5.41, 5.74) is 0. The molecule has 0 aromatic heterocycles. The zero-order valence-electron chi connectivity index (χ0n) is 6.17. The highest BCUT2D eigenvalue weighted by molar-refractivity contribution is 14.1. The molecule has 0 saturated carbocycles. The Morgan fingerprint density at radius 1 is 1.17 bits per heavy atom. The number of aldehydes is 1. The zero-order chi connectivity index (χ0) is 9.72. The molecular weight excluding hydrogens is 275 g/mol. The van der Waals surface area contributed by atoms with Gasteiger partial charge in [0, 0.05) is 4.43 Å². The summed E-state index contributed by atoms with van der Waals surface area (Å²) in [6.07, 6.45) is -5.82. The van der Waals surface area contributed by atoms with Crippen LogP contribution in [0.1, 0.15) is 0 Å². The average molecular weight is 286 g/mol. The fourth-order valence-corrected chi connectivity index (χ4v) is 1.12. The number of alkyl halides is 1. The number of hydrogen-bond donors (Lipinski definition) is 4. The van der Waals surface area contributed by atoms with E-state index in [-0.39, 0.29) is 10.7 Å². The van der Waals surface area contributed by atoms with Gasteiger partial charge in [-0.15, -0.1) is 0 Å². The van der Waals surface area contributed by atoms with Crippen LogP contribution in [0.4, 0.5) is 0 Å². The number of aliphatic hydroxyl groups excluding tert-OH is 4. The van der Waals surface area contributed by atoms with Gasteiger partial charge in [-0.05, 0) is 0 Å². The molecule has 0 unspecified atom stereocenters. The molecule has 0 amide bonds. The van der Waals surface area contributed by atoms with E-state index in [1.54, 1.807) is 22.6 Å². The smallest absolute Gasteiger partial charge is 0.151 e. The molecule has 0 radical (unpaired) electrons. The summed E-state index contributed by atoms with van der Waals surface area (Å²) in [6.45, 7) is 0. The largest absolute Gasteiger partial charge is 0.390 e. The van der Waals surface area contributed by atoms with Gasteiger partial charge in [-0.3, -0.25) is 0 Å². The quantitative estimate of drug-likeness (QED) is 0.268. The van der Waals surface area contributed by atoms with Crippen molar-refractivity contribution in [3.05, 3.63) is 0 Å². The van der Waals surface area contributed by atoms with Crippen molar-refractivity contribution in [2.24, 2.45) is 0 Å². The van der Waals surface area contributed by atoms with E-state index in [9.17, 15) is 4.79 Å². The standard InChI is InChI=1S/C6H11IO5/c7-1-3(9)5(11)6(12)4(10)2-8/h2-6,9-12H,1H2/t3-,4-,5-,6-/m1/s1/i7-4. The molecule has 0 aromatic rings. The molecule has 0 fully saturated rings. The van der Waals surface area contributed by atoms with Gasteiger partial charge in [0.2, 0.25) is 0 Å². The van der Waals surface area contributed by atoms with E-state index in [0.717, 1.165) is 0 Å².